The Morgan fingerprint density at radius 2 is 2.20 bits per heavy atom. The second kappa shape index (κ2) is 5.33. The summed E-state index contributed by atoms with van der Waals surface area (Å²) in [7, 11) is 1.69. The molecule has 0 bridgehead atoms. The van der Waals surface area contributed by atoms with Gasteiger partial charge in [0.15, 0.2) is 0 Å². The molecular formula is C9H18O. The highest BCUT2D eigenvalue weighted by Crippen LogP contribution is 2.15. The van der Waals surface area contributed by atoms with Crippen LogP contribution in [0.25, 0.3) is 0 Å². The van der Waals surface area contributed by atoms with Gasteiger partial charge in [-0.25, -0.2) is 0 Å². The maximum absolute atomic E-state index is 5.01. The largest absolute Gasteiger partial charge is 0.501 e. The normalized spacial score (nSPS) is 12.7. The third-order valence-electron chi connectivity index (χ3n) is 1.80. The molecule has 10 heavy (non-hydrogen) atoms. The van der Waals surface area contributed by atoms with E-state index in [1.807, 2.05) is 0 Å². The van der Waals surface area contributed by atoms with Crippen LogP contribution in [0.5, 0.6) is 0 Å². The summed E-state index contributed by atoms with van der Waals surface area (Å²) in [5, 5.41) is 0. The van der Waals surface area contributed by atoms with Gasteiger partial charge >= 0.3 is 0 Å². The van der Waals surface area contributed by atoms with Crippen molar-refractivity contribution in [2.75, 3.05) is 7.11 Å². The van der Waals surface area contributed by atoms with Crippen molar-refractivity contribution in [2.24, 2.45) is 5.92 Å². The van der Waals surface area contributed by atoms with Gasteiger partial charge in [-0.3, -0.25) is 0 Å². The Hall–Kier alpha value is -0.460. The van der Waals surface area contributed by atoms with Gasteiger partial charge in [-0.2, -0.15) is 0 Å². The van der Waals surface area contributed by atoms with E-state index in [9.17, 15) is 0 Å². The molecule has 0 saturated carbocycles. The highest BCUT2D eigenvalue weighted by atomic mass is 16.5. The number of methoxy groups -OCH3 is 1. The van der Waals surface area contributed by atoms with Gasteiger partial charge in [-0.15, -0.1) is 0 Å². The van der Waals surface area contributed by atoms with Crippen molar-refractivity contribution in [3.05, 3.63) is 12.3 Å². The third-order valence-corrected chi connectivity index (χ3v) is 1.80. The molecule has 0 N–H and O–H groups in total. The van der Waals surface area contributed by atoms with Gasteiger partial charge < -0.3 is 4.74 Å². The van der Waals surface area contributed by atoms with Crippen molar-refractivity contribution < 1.29 is 4.74 Å². The van der Waals surface area contributed by atoms with Gasteiger partial charge in [0.25, 0.3) is 0 Å². The van der Waals surface area contributed by atoms with Crippen LogP contribution in [-0.4, -0.2) is 7.11 Å². The van der Waals surface area contributed by atoms with Gasteiger partial charge in [0.2, 0.25) is 0 Å². The van der Waals surface area contributed by atoms with Crippen LogP contribution in [0.15, 0.2) is 12.3 Å². The van der Waals surface area contributed by atoms with Crippen LogP contribution < -0.4 is 0 Å². The number of hydrogen-bond donors (Lipinski definition) is 0. The Kier molecular flexibility index (Phi) is 5.09. The van der Waals surface area contributed by atoms with E-state index in [0.29, 0.717) is 5.92 Å². The molecule has 0 radical (unpaired) electrons. The Balaban J connectivity index is 3.41. The molecule has 0 heterocycles. The minimum atomic E-state index is 0.518. The van der Waals surface area contributed by atoms with Crippen molar-refractivity contribution in [2.45, 2.75) is 33.1 Å². The fraction of sp³-hybridized carbons (Fsp3) is 0.778. The SMILES string of the molecule is C=C(OC)C(C)CCCC. The molecule has 0 saturated heterocycles. The van der Waals surface area contributed by atoms with Crippen LogP contribution in [0.3, 0.4) is 0 Å². The molecule has 0 aliphatic rings. The fourth-order valence-corrected chi connectivity index (χ4v) is 0.872. The van der Waals surface area contributed by atoms with Crippen molar-refractivity contribution in [3.63, 3.8) is 0 Å². The highest BCUT2D eigenvalue weighted by molar-refractivity contribution is 4.87. The Morgan fingerprint density at radius 1 is 1.60 bits per heavy atom. The molecule has 1 heteroatoms. The zero-order valence-corrected chi connectivity index (χ0v) is 7.31. The predicted octanol–water partition coefficient (Wildman–Crippen LogP) is 2.97. The summed E-state index contributed by atoms with van der Waals surface area (Å²) >= 11 is 0. The number of unbranched alkanes of at least 4 members (excludes halogenated alkanes) is 1. The predicted molar refractivity (Wildman–Crippen MR) is 44.8 cm³/mol. The number of ether oxygens (including phenoxy) is 1. The van der Waals surface area contributed by atoms with E-state index in [2.05, 4.69) is 20.4 Å². The van der Waals surface area contributed by atoms with Crippen molar-refractivity contribution in [1.29, 1.82) is 0 Å². The Bertz CT molecular complexity index is 96.9. The molecule has 0 aromatic heterocycles. The topological polar surface area (TPSA) is 9.23 Å². The summed E-state index contributed by atoms with van der Waals surface area (Å²) in [5.74, 6) is 1.43. The standard InChI is InChI=1S/C9H18O/c1-5-6-7-8(2)9(3)10-4/h8H,3,5-7H2,1-2,4H3. The van der Waals surface area contributed by atoms with Crippen LogP contribution in [0, 0.1) is 5.92 Å². The van der Waals surface area contributed by atoms with Crippen LogP contribution in [0.2, 0.25) is 0 Å². The van der Waals surface area contributed by atoms with Crippen molar-refractivity contribution in [1.82, 2.24) is 0 Å². The number of hydrogen-bond acceptors (Lipinski definition) is 1. The molecule has 1 atom stereocenters. The zero-order valence-electron chi connectivity index (χ0n) is 7.31. The summed E-state index contributed by atoms with van der Waals surface area (Å²) in [5.41, 5.74) is 0. The molecule has 0 aliphatic carbocycles. The second-order valence-corrected chi connectivity index (χ2v) is 2.71. The quantitative estimate of drug-likeness (QED) is 0.536. The number of rotatable bonds is 5. The summed E-state index contributed by atoms with van der Waals surface area (Å²) in [6, 6.07) is 0. The van der Waals surface area contributed by atoms with Gasteiger partial charge in [0.05, 0.1) is 12.9 Å². The summed E-state index contributed by atoms with van der Waals surface area (Å²) in [4.78, 5) is 0. The third kappa shape index (κ3) is 3.54. The first-order chi connectivity index (χ1) is 4.72. The van der Waals surface area contributed by atoms with Gasteiger partial charge in [-0.05, 0) is 6.42 Å². The second-order valence-electron chi connectivity index (χ2n) is 2.71. The van der Waals surface area contributed by atoms with E-state index in [1.54, 1.807) is 7.11 Å². The molecule has 1 nitrogen and oxygen atoms in total. The molecule has 0 aromatic carbocycles. The van der Waals surface area contributed by atoms with Gasteiger partial charge in [0, 0.05) is 5.92 Å². The summed E-state index contributed by atoms with van der Waals surface area (Å²) in [6.45, 7) is 8.15. The summed E-state index contributed by atoms with van der Waals surface area (Å²) < 4.78 is 5.01. The maximum Gasteiger partial charge on any atom is 0.0911 e. The van der Waals surface area contributed by atoms with Gasteiger partial charge in [0.1, 0.15) is 0 Å². The molecular weight excluding hydrogens is 124 g/mol. The smallest absolute Gasteiger partial charge is 0.0911 e. The zero-order chi connectivity index (χ0) is 7.98. The molecule has 60 valence electrons. The van der Waals surface area contributed by atoms with Crippen LogP contribution in [-0.2, 0) is 4.74 Å². The Morgan fingerprint density at radius 3 is 2.60 bits per heavy atom. The average molecular weight is 142 g/mol. The van der Waals surface area contributed by atoms with E-state index in [-0.39, 0.29) is 0 Å². The first kappa shape index (κ1) is 9.54. The monoisotopic (exact) mass is 142 g/mol. The first-order valence-electron chi connectivity index (χ1n) is 3.95. The molecule has 0 fully saturated rings. The maximum atomic E-state index is 5.01. The summed E-state index contributed by atoms with van der Waals surface area (Å²) in [6.07, 6.45) is 3.72. The molecule has 0 spiro atoms. The average Bonchev–Trinajstić information content (AvgIpc) is 1.98. The molecule has 0 aliphatic heterocycles. The lowest BCUT2D eigenvalue weighted by molar-refractivity contribution is 0.243. The molecule has 0 rings (SSSR count). The van der Waals surface area contributed by atoms with E-state index in [4.69, 9.17) is 4.74 Å². The Labute approximate surface area is 64.1 Å². The van der Waals surface area contributed by atoms with E-state index < -0.39 is 0 Å². The number of allylic oxidation sites excluding steroid dienone is 1. The molecule has 0 amide bonds. The first-order valence-corrected chi connectivity index (χ1v) is 3.95. The van der Waals surface area contributed by atoms with Gasteiger partial charge in [-0.1, -0.05) is 33.3 Å². The highest BCUT2D eigenvalue weighted by Gasteiger charge is 2.04. The molecule has 0 aromatic rings. The van der Waals surface area contributed by atoms with E-state index in [1.165, 1.54) is 19.3 Å². The van der Waals surface area contributed by atoms with Crippen LogP contribution in [0.4, 0.5) is 0 Å². The minimum Gasteiger partial charge on any atom is -0.501 e. The van der Waals surface area contributed by atoms with E-state index in [0.717, 1.165) is 5.76 Å². The van der Waals surface area contributed by atoms with Crippen LogP contribution >= 0.6 is 0 Å². The van der Waals surface area contributed by atoms with Crippen molar-refractivity contribution in [3.8, 4) is 0 Å². The lowest BCUT2D eigenvalue weighted by Gasteiger charge is -2.11. The molecule has 1 unspecified atom stereocenters. The fourth-order valence-electron chi connectivity index (χ4n) is 0.872. The minimum absolute atomic E-state index is 0.518. The van der Waals surface area contributed by atoms with Crippen LogP contribution in [0.1, 0.15) is 33.1 Å². The van der Waals surface area contributed by atoms with E-state index >= 15 is 0 Å². The lowest BCUT2D eigenvalue weighted by atomic mass is 10.0. The van der Waals surface area contributed by atoms with Crippen molar-refractivity contribution >= 4 is 0 Å². The lowest BCUT2D eigenvalue weighted by Crippen LogP contribution is -1.99.